The number of piperidine rings is 1. The molecule has 204 valence electrons. The summed E-state index contributed by atoms with van der Waals surface area (Å²) in [5.41, 5.74) is 1.55. The Morgan fingerprint density at radius 2 is 1.79 bits per heavy atom. The molecule has 3 unspecified atom stereocenters. The number of hydrogen-bond acceptors (Lipinski definition) is 4. The topological polar surface area (TPSA) is 95.6 Å². The number of rotatable bonds is 10. The van der Waals surface area contributed by atoms with Crippen molar-refractivity contribution < 1.29 is 19.2 Å². The Bertz CT molecular complexity index is 1130. The zero-order valence-corrected chi connectivity index (χ0v) is 22.9. The predicted octanol–water partition coefficient (Wildman–Crippen LogP) is 3.21. The van der Waals surface area contributed by atoms with E-state index in [-0.39, 0.29) is 41.5 Å². The average Bonchev–Trinajstić information content (AvgIpc) is 3.35. The van der Waals surface area contributed by atoms with Crippen molar-refractivity contribution in [3.8, 4) is 0 Å². The summed E-state index contributed by atoms with van der Waals surface area (Å²) in [6, 6.07) is 7.50. The highest BCUT2D eigenvalue weighted by Crippen LogP contribution is 2.57. The molecule has 7 heteroatoms. The molecule has 3 fully saturated rings. The van der Waals surface area contributed by atoms with Crippen LogP contribution in [0.5, 0.6) is 0 Å². The number of benzene rings is 1. The number of carbonyl (C=O) groups is 4. The van der Waals surface area contributed by atoms with Crippen molar-refractivity contribution >= 4 is 23.5 Å². The van der Waals surface area contributed by atoms with Crippen molar-refractivity contribution in [3.05, 3.63) is 48.0 Å². The fourth-order valence-electron chi connectivity index (χ4n) is 7.18. The fraction of sp³-hybridized carbons (Fsp3) is 0.613. The van der Waals surface area contributed by atoms with Gasteiger partial charge in [-0.15, -0.1) is 6.58 Å². The van der Waals surface area contributed by atoms with Gasteiger partial charge in [0.05, 0.1) is 6.04 Å². The van der Waals surface area contributed by atoms with E-state index in [1.54, 1.807) is 0 Å². The first-order valence-corrected chi connectivity index (χ1v) is 14.2. The van der Waals surface area contributed by atoms with E-state index in [0.29, 0.717) is 31.7 Å². The van der Waals surface area contributed by atoms with Crippen LogP contribution >= 0.6 is 0 Å². The second kappa shape index (κ2) is 9.97. The van der Waals surface area contributed by atoms with Gasteiger partial charge in [0.2, 0.25) is 17.6 Å². The lowest BCUT2D eigenvalue weighted by atomic mass is 9.77. The summed E-state index contributed by atoms with van der Waals surface area (Å²) in [6.45, 7) is 10.7. The lowest BCUT2D eigenvalue weighted by Crippen LogP contribution is -2.63. The fourth-order valence-corrected chi connectivity index (χ4v) is 7.18. The predicted molar refractivity (Wildman–Crippen MR) is 145 cm³/mol. The second-order valence-corrected chi connectivity index (χ2v) is 12.8. The third-order valence-corrected chi connectivity index (χ3v) is 9.74. The van der Waals surface area contributed by atoms with Crippen LogP contribution in [0.3, 0.4) is 0 Å². The highest BCUT2D eigenvalue weighted by atomic mass is 16.2. The minimum atomic E-state index is -0.982. The second-order valence-electron chi connectivity index (χ2n) is 12.8. The van der Waals surface area contributed by atoms with Crippen molar-refractivity contribution in [2.75, 3.05) is 13.1 Å². The maximum atomic E-state index is 14.1. The molecular weight excluding hydrogens is 478 g/mol. The molecule has 2 saturated carbocycles. The minimum Gasteiger partial charge on any atom is -0.346 e. The quantitative estimate of drug-likeness (QED) is 0.367. The molecule has 1 aromatic carbocycles. The molecular formula is C31H41N3O4. The third-order valence-electron chi connectivity index (χ3n) is 9.74. The molecule has 0 spiro atoms. The maximum absolute atomic E-state index is 14.1. The van der Waals surface area contributed by atoms with E-state index in [1.165, 1.54) is 17.2 Å². The zero-order chi connectivity index (χ0) is 27.2. The molecule has 1 heterocycles. The van der Waals surface area contributed by atoms with E-state index in [9.17, 15) is 19.2 Å². The molecule has 2 bridgehead atoms. The van der Waals surface area contributed by atoms with Crippen molar-refractivity contribution in [2.45, 2.75) is 77.3 Å². The van der Waals surface area contributed by atoms with Gasteiger partial charge in [0.25, 0.3) is 5.91 Å². The Kier molecular flexibility index (Phi) is 6.99. The van der Waals surface area contributed by atoms with Crippen molar-refractivity contribution in [1.29, 1.82) is 0 Å². The van der Waals surface area contributed by atoms with E-state index in [1.807, 2.05) is 24.0 Å². The van der Waals surface area contributed by atoms with Crippen molar-refractivity contribution in [3.63, 3.8) is 0 Å². The summed E-state index contributed by atoms with van der Waals surface area (Å²) in [6.07, 6.45) is 6.89. The van der Waals surface area contributed by atoms with E-state index < -0.39 is 23.3 Å². The first-order valence-electron chi connectivity index (χ1n) is 14.2. The van der Waals surface area contributed by atoms with E-state index in [4.69, 9.17) is 0 Å². The number of nitrogens with zero attached hydrogens (tertiary/aromatic N) is 1. The molecule has 1 aliphatic heterocycles. The van der Waals surface area contributed by atoms with Crippen molar-refractivity contribution in [2.24, 2.45) is 29.1 Å². The van der Waals surface area contributed by atoms with Gasteiger partial charge in [-0.3, -0.25) is 19.2 Å². The monoisotopic (exact) mass is 519 g/mol. The number of ketones is 1. The molecule has 3 aliphatic carbocycles. The minimum absolute atomic E-state index is 0.0322. The molecule has 38 heavy (non-hydrogen) atoms. The highest BCUT2D eigenvalue weighted by Gasteiger charge is 2.64. The summed E-state index contributed by atoms with van der Waals surface area (Å²) in [5, 5.41) is 5.53. The maximum Gasteiger partial charge on any atom is 0.289 e. The largest absolute Gasteiger partial charge is 0.346 e. The molecule has 3 amide bonds. The number of fused-ring (bicyclic) bond motifs is 3. The summed E-state index contributed by atoms with van der Waals surface area (Å²) in [5.74, 6) is -1.00. The summed E-state index contributed by atoms with van der Waals surface area (Å²) < 4.78 is 0. The highest BCUT2D eigenvalue weighted by molar-refractivity contribution is 6.38. The van der Waals surface area contributed by atoms with Gasteiger partial charge in [0.15, 0.2) is 0 Å². The molecule has 4 atom stereocenters. The van der Waals surface area contributed by atoms with Gasteiger partial charge in [-0.05, 0) is 66.4 Å². The van der Waals surface area contributed by atoms with Crippen LogP contribution in [0.4, 0.5) is 0 Å². The first-order chi connectivity index (χ1) is 18.1. The molecule has 1 saturated heterocycles. The van der Waals surface area contributed by atoms with E-state index >= 15 is 0 Å². The first kappa shape index (κ1) is 26.6. The summed E-state index contributed by atoms with van der Waals surface area (Å²) in [4.78, 5) is 55.5. The van der Waals surface area contributed by atoms with Crippen LogP contribution in [0.2, 0.25) is 0 Å². The number of amides is 3. The SMILES string of the molecule is C=CCNC(=O)C(=O)C(CC1CC1)NC(=O)C12CC(CN1C(=O)[C@@H](C)C1Cc3ccccc3C1)C(C)(C)C2. The molecule has 2 N–H and O–H groups in total. The average molecular weight is 520 g/mol. The van der Waals surface area contributed by atoms with Crippen LogP contribution in [0.1, 0.15) is 64.0 Å². The lowest BCUT2D eigenvalue weighted by Gasteiger charge is -2.44. The standard InChI is InChI=1S/C31H41N3O4/c1-5-12-32-27(36)26(35)25(13-20-10-11-20)33-29(38)31-16-24(30(3,4)18-31)17-34(31)28(37)19(2)23-14-21-8-6-7-9-22(21)15-23/h5-9,19-20,23-25H,1,10-18H2,2-4H3,(H,32,36)(H,33,38)/t19-,24?,25?,31?/m0/s1. The number of carbonyl (C=O) groups excluding carboxylic acids is 4. The van der Waals surface area contributed by atoms with E-state index in [0.717, 1.165) is 25.7 Å². The molecule has 7 nitrogen and oxygen atoms in total. The molecule has 1 aromatic rings. The number of hydrogen-bond donors (Lipinski definition) is 2. The van der Waals surface area contributed by atoms with Crippen LogP contribution < -0.4 is 10.6 Å². The van der Waals surface area contributed by atoms with Gasteiger partial charge in [0.1, 0.15) is 5.54 Å². The smallest absolute Gasteiger partial charge is 0.289 e. The van der Waals surface area contributed by atoms with Crippen LogP contribution in [-0.2, 0) is 32.0 Å². The lowest BCUT2D eigenvalue weighted by molar-refractivity contribution is -0.152. The third kappa shape index (κ3) is 4.80. The Morgan fingerprint density at radius 3 is 2.37 bits per heavy atom. The summed E-state index contributed by atoms with van der Waals surface area (Å²) >= 11 is 0. The van der Waals surface area contributed by atoms with Crippen LogP contribution in [0.25, 0.3) is 0 Å². The van der Waals surface area contributed by atoms with Gasteiger partial charge < -0.3 is 15.5 Å². The molecule has 5 rings (SSSR count). The van der Waals surface area contributed by atoms with Gasteiger partial charge in [-0.2, -0.15) is 0 Å². The van der Waals surface area contributed by atoms with Gasteiger partial charge >= 0.3 is 0 Å². The molecule has 0 radical (unpaired) electrons. The zero-order valence-electron chi connectivity index (χ0n) is 22.9. The Labute approximate surface area is 225 Å². The van der Waals surface area contributed by atoms with Gasteiger partial charge in [-0.1, -0.05) is 64.0 Å². The van der Waals surface area contributed by atoms with Gasteiger partial charge in [0, 0.05) is 19.0 Å². The normalized spacial score (nSPS) is 26.9. The Morgan fingerprint density at radius 1 is 1.13 bits per heavy atom. The van der Waals surface area contributed by atoms with Crippen molar-refractivity contribution in [1.82, 2.24) is 15.5 Å². The molecule has 4 aliphatic rings. The molecule has 0 aromatic heterocycles. The Hall–Kier alpha value is -2.96. The number of likely N-dealkylation sites (tertiary alicyclic amines) is 1. The Balaban J connectivity index is 1.35. The van der Waals surface area contributed by atoms with Crippen LogP contribution in [0.15, 0.2) is 36.9 Å². The summed E-state index contributed by atoms with van der Waals surface area (Å²) in [7, 11) is 0. The van der Waals surface area contributed by atoms with Crippen LogP contribution in [0, 0.1) is 29.1 Å². The number of nitrogens with one attached hydrogen (secondary N) is 2. The van der Waals surface area contributed by atoms with Gasteiger partial charge in [-0.25, -0.2) is 0 Å². The van der Waals surface area contributed by atoms with Crippen LogP contribution in [-0.4, -0.2) is 53.1 Å². The van der Waals surface area contributed by atoms with E-state index in [2.05, 4.69) is 43.2 Å². The number of Topliss-reactive ketones (excluding diaryl/α,β-unsaturated/α-hetero) is 1.